The van der Waals surface area contributed by atoms with E-state index in [0.717, 1.165) is 10.8 Å². The molecule has 0 aromatic heterocycles. The molecule has 0 fully saturated rings. The third kappa shape index (κ3) is 5.72. The van der Waals surface area contributed by atoms with Gasteiger partial charge in [-0.2, -0.15) is 5.48 Å². The number of carbonyl (C=O) groups excluding carboxylic acids is 1. The van der Waals surface area contributed by atoms with Crippen LogP contribution in [0, 0.1) is 0 Å². The Balaban J connectivity index is 1.77. The molecule has 2 N–H and O–H groups in total. The zero-order valence-electron chi connectivity index (χ0n) is 14.1. The van der Waals surface area contributed by atoms with Gasteiger partial charge < -0.3 is 14.6 Å². The van der Waals surface area contributed by atoms with Crippen molar-refractivity contribution in [2.75, 3.05) is 13.2 Å². The van der Waals surface area contributed by atoms with E-state index in [-0.39, 0.29) is 13.2 Å². The number of fused-ring (bicyclic) bond motifs is 1. The molecule has 0 spiro atoms. The maximum Gasteiger partial charge on any atom is 0.431 e. The lowest BCUT2D eigenvalue weighted by atomic mass is 10.1. The molecule has 1 amide bonds. The second kappa shape index (κ2) is 7.99. The number of nitrogens with one attached hydrogen (secondary N) is 1. The molecule has 0 saturated carbocycles. The predicted octanol–water partition coefficient (Wildman–Crippen LogP) is 3.04. The largest absolute Gasteiger partial charge is 0.490 e. The topological polar surface area (TPSA) is 77.0 Å². The van der Waals surface area contributed by atoms with E-state index in [1.165, 1.54) is 0 Å². The summed E-state index contributed by atoms with van der Waals surface area (Å²) in [4.78, 5) is 16.3. The molecule has 0 heterocycles. The molecule has 2 rings (SSSR count). The molecule has 1 unspecified atom stereocenters. The molecule has 0 bridgehead atoms. The Labute approximate surface area is 141 Å². The zero-order chi connectivity index (χ0) is 17.6. The predicted molar refractivity (Wildman–Crippen MR) is 90.8 cm³/mol. The minimum Gasteiger partial charge on any atom is -0.490 e. The van der Waals surface area contributed by atoms with E-state index in [1.54, 1.807) is 20.8 Å². The maximum atomic E-state index is 11.4. The van der Waals surface area contributed by atoms with Crippen molar-refractivity contribution < 1.29 is 24.2 Å². The Morgan fingerprint density at radius 1 is 1.12 bits per heavy atom. The molecule has 0 radical (unpaired) electrons. The van der Waals surface area contributed by atoms with E-state index < -0.39 is 17.8 Å². The fourth-order valence-corrected chi connectivity index (χ4v) is 2.05. The van der Waals surface area contributed by atoms with Crippen LogP contribution in [-0.2, 0) is 9.57 Å². The van der Waals surface area contributed by atoms with Crippen molar-refractivity contribution in [2.24, 2.45) is 0 Å². The van der Waals surface area contributed by atoms with Gasteiger partial charge in [0.1, 0.15) is 30.7 Å². The number of carbonyl (C=O) groups is 1. The van der Waals surface area contributed by atoms with Crippen LogP contribution in [0.5, 0.6) is 5.75 Å². The molecule has 130 valence electrons. The molecule has 2 aromatic rings. The van der Waals surface area contributed by atoms with Crippen LogP contribution in [0.2, 0.25) is 0 Å². The summed E-state index contributed by atoms with van der Waals surface area (Å²) < 4.78 is 10.7. The van der Waals surface area contributed by atoms with Crippen LogP contribution in [0.4, 0.5) is 4.79 Å². The Bertz CT molecular complexity index is 675. The maximum absolute atomic E-state index is 11.4. The molecule has 0 aliphatic carbocycles. The first-order valence-corrected chi connectivity index (χ1v) is 7.74. The van der Waals surface area contributed by atoms with Crippen molar-refractivity contribution in [1.82, 2.24) is 5.48 Å². The first kappa shape index (κ1) is 18.0. The molecular weight excluding hydrogens is 310 g/mol. The molecule has 6 heteroatoms. The minimum absolute atomic E-state index is 0.0456. The van der Waals surface area contributed by atoms with Gasteiger partial charge in [0.2, 0.25) is 0 Å². The van der Waals surface area contributed by atoms with Gasteiger partial charge in [-0.15, -0.1) is 0 Å². The molecule has 1 atom stereocenters. The third-order valence-corrected chi connectivity index (χ3v) is 3.01. The van der Waals surface area contributed by atoms with Crippen molar-refractivity contribution in [3.8, 4) is 5.75 Å². The van der Waals surface area contributed by atoms with Gasteiger partial charge in [0, 0.05) is 5.39 Å². The highest BCUT2D eigenvalue weighted by Crippen LogP contribution is 2.25. The number of hydrogen-bond donors (Lipinski definition) is 2. The number of rotatable bonds is 6. The Kier molecular flexibility index (Phi) is 6.00. The van der Waals surface area contributed by atoms with E-state index >= 15 is 0 Å². The monoisotopic (exact) mass is 333 g/mol. The molecule has 0 aliphatic heterocycles. The summed E-state index contributed by atoms with van der Waals surface area (Å²) in [6, 6.07) is 13.6. The SMILES string of the molecule is CC(C)(C)OC(=O)NOCC(O)COc1cccc2ccccc12. The average Bonchev–Trinajstić information content (AvgIpc) is 2.51. The normalized spacial score (nSPS) is 12.7. The Morgan fingerprint density at radius 2 is 1.83 bits per heavy atom. The van der Waals surface area contributed by atoms with Crippen molar-refractivity contribution in [3.63, 3.8) is 0 Å². The standard InChI is InChI=1S/C18H23NO5/c1-18(2,3)24-17(21)19-23-12-14(20)11-22-16-10-6-8-13-7-4-5-9-15(13)16/h4-10,14,20H,11-12H2,1-3H3,(H,19,21). The van der Waals surface area contributed by atoms with Crippen molar-refractivity contribution in [3.05, 3.63) is 42.5 Å². The highest BCUT2D eigenvalue weighted by molar-refractivity contribution is 5.88. The molecule has 0 aliphatic rings. The van der Waals surface area contributed by atoms with Crippen LogP contribution >= 0.6 is 0 Å². The highest BCUT2D eigenvalue weighted by Gasteiger charge is 2.16. The lowest BCUT2D eigenvalue weighted by Gasteiger charge is -2.20. The van der Waals surface area contributed by atoms with Crippen LogP contribution < -0.4 is 10.2 Å². The lowest BCUT2D eigenvalue weighted by Crippen LogP contribution is -2.35. The molecule has 2 aromatic carbocycles. The van der Waals surface area contributed by atoms with Crippen LogP contribution in [0.1, 0.15) is 20.8 Å². The minimum atomic E-state index is -0.890. The van der Waals surface area contributed by atoms with E-state index in [4.69, 9.17) is 14.3 Å². The van der Waals surface area contributed by atoms with E-state index in [2.05, 4.69) is 5.48 Å². The average molecular weight is 333 g/mol. The van der Waals surface area contributed by atoms with Crippen molar-refractivity contribution in [2.45, 2.75) is 32.5 Å². The van der Waals surface area contributed by atoms with Crippen LogP contribution in [-0.4, -0.2) is 36.1 Å². The molecule has 6 nitrogen and oxygen atoms in total. The van der Waals surface area contributed by atoms with E-state index in [0.29, 0.717) is 5.75 Å². The van der Waals surface area contributed by atoms with Gasteiger partial charge in [0.05, 0.1) is 0 Å². The number of amides is 1. The Hall–Kier alpha value is -2.31. The van der Waals surface area contributed by atoms with Gasteiger partial charge in [-0.25, -0.2) is 4.79 Å². The quantitative estimate of drug-likeness (QED) is 0.795. The summed E-state index contributed by atoms with van der Waals surface area (Å²) in [6.45, 7) is 5.19. The van der Waals surface area contributed by atoms with Gasteiger partial charge in [-0.1, -0.05) is 36.4 Å². The molecule has 24 heavy (non-hydrogen) atoms. The van der Waals surface area contributed by atoms with Crippen molar-refractivity contribution >= 4 is 16.9 Å². The van der Waals surface area contributed by atoms with E-state index in [9.17, 15) is 9.90 Å². The Morgan fingerprint density at radius 3 is 2.58 bits per heavy atom. The fourth-order valence-electron chi connectivity index (χ4n) is 2.05. The van der Waals surface area contributed by atoms with Gasteiger partial charge in [0.25, 0.3) is 0 Å². The van der Waals surface area contributed by atoms with Gasteiger partial charge in [0.15, 0.2) is 0 Å². The van der Waals surface area contributed by atoms with Crippen molar-refractivity contribution in [1.29, 1.82) is 0 Å². The van der Waals surface area contributed by atoms with Crippen LogP contribution in [0.3, 0.4) is 0 Å². The highest BCUT2D eigenvalue weighted by atomic mass is 16.7. The number of benzene rings is 2. The summed E-state index contributed by atoms with van der Waals surface area (Å²) in [5, 5.41) is 11.9. The summed E-state index contributed by atoms with van der Waals surface area (Å²) in [6.07, 6.45) is -1.59. The third-order valence-electron chi connectivity index (χ3n) is 3.01. The number of hydroxylamine groups is 1. The number of ether oxygens (including phenoxy) is 2. The summed E-state index contributed by atoms with van der Waals surface area (Å²) in [7, 11) is 0. The lowest BCUT2D eigenvalue weighted by molar-refractivity contribution is -0.0443. The second-order valence-corrected chi connectivity index (χ2v) is 6.36. The molecular formula is C18H23NO5. The first-order valence-electron chi connectivity index (χ1n) is 7.74. The summed E-state index contributed by atoms with van der Waals surface area (Å²) >= 11 is 0. The summed E-state index contributed by atoms with van der Waals surface area (Å²) in [5.41, 5.74) is 1.51. The second-order valence-electron chi connectivity index (χ2n) is 6.36. The number of hydrogen-bond acceptors (Lipinski definition) is 5. The summed E-state index contributed by atoms with van der Waals surface area (Å²) in [5.74, 6) is 0.687. The zero-order valence-corrected chi connectivity index (χ0v) is 14.1. The van der Waals surface area contributed by atoms with Crippen LogP contribution in [0.25, 0.3) is 10.8 Å². The number of aliphatic hydroxyl groups is 1. The fraction of sp³-hybridized carbons (Fsp3) is 0.389. The smallest absolute Gasteiger partial charge is 0.431 e. The van der Waals surface area contributed by atoms with E-state index in [1.807, 2.05) is 42.5 Å². The van der Waals surface area contributed by atoms with Gasteiger partial charge >= 0.3 is 6.09 Å². The first-order chi connectivity index (χ1) is 11.3. The van der Waals surface area contributed by atoms with Gasteiger partial charge in [-0.05, 0) is 32.2 Å². The van der Waals surface area contributed by atoms with Gasteiger partial charge in [-0.3, -0.25) is 4.84 Å². The number of aliphatic hydroxyl groups excluding tert-OH is 1. The molecule has 0 saturated heterocycles. The van der Waals surface area contributed by atoms with Crippen LogP contribution in [0.15, 0.2) is 42.5 Å².